The van der Waals surface area contributed by atoms with Crippen LogP contribution in [0.1, 0.15) is 16.1 Å². The number of aryl methyl sites for hydroxylation is 1. The molecular formula is C16H17N3O. The first-order valence-corrected chi connectivity index (χ1v) is 6.38. The molecule has 0 saturated heterocycles. The van der Waals surface area contributed by atoms with Gasteiger partial charge < -0.3 is 10.6 Å². The highest BCUT2D eigenvalue weighted by molar-refractivity contribution is 6.02. The van der Waals surface area contributed by atoms with E-state index in [2.05, 4.69) is 22.2 Å². The summed E-state index contributed by atoms with van der Waals surface area (Å²) in [4.78, 5) is 16.2. The summed E-state index contributed by atoms with van der Waals surface area (Å²) in [7, 11) is 0. The molecule has 1 heterocycles. The van der Waals surface area contributed by atoms with Gasteiger partial charge in [0.25, 0.3) is 5.91 Å². The minimum Gasteiger partial charge on any atom is -0.380 e. The Bertz CT molecular complexity index is 605. The van der Waals surface area contributed by atoms with Gasteiger partial charge in [0.05, 0.1) is 11.9 Å². The maximum Gasteiger partial charge on any atom is 0.274 e. The Hall–Kier alpha value is -2.62. The van der Waals surface area contributed by atoms with E-state index in [1.807, 2.05) is 37.3 Å². The average molecular weight is 267 g/mol. The second-order valence-electron chi connectivity index (χ2n) is 4.43. The number of pyridine rings is 1. The summed E-state index contributed by atoms with van der Waals surface area (Å²) in [6, 6.07) is 11.2. The van der Waals surface area contributed by atoms with Gasteiger partial charge in [-0.3, -0.25) is 4.79 Å². The molecule has 0 aliphatic rings. The van der Waals surface area contributed by atoms with E-state index in [-0.39, 0.29) is 5.91 Å². The van der Waals surface area contributed by atoms with E-state index in [0.29, 0.717) is 12.2 Å². The second kappa shape index (κ2) is 6.52. The highest BCUT2D eigenvalue weighted by Gasteiger charge is 2.07. The average Bonchev–Trinajstić information content (AvgIpc) is 2.45. The molecule has 1 aromatic carbocycles. The van der Waals surface area contributed by atoms with Gasteiger partial charge in [-0.15, -0.1) is 6.58 Å². The van der Waals surface area contributed by atoms with Crippen molar-refractivity contribution in [3.63, 3.8) is 0 Å². The van der Waals surface area contributed by atoms with Crippen LogP contribution in [0.15, 0.2) is 55.3 Å². The third-order valence-electron chi connectivity index (χ3n) is 2.72. The lowest BCUT2D eigenvalue weighted by molar-refractivity contribution is 0.102. The van der Waals surface area contributed by atoms with Crippen LogP contribution in [0.2, 0.25) is 0 Å². The molecule has 0 atom stereocenters. The van der Waals surface area contributed by atoms with Gasteiger partial charge in [-0.2, -0.15) is 0 Å². The highest BCUT2D eigenvalue weighted by atomic mass is 16.1. The standard InChI is InChI=1S/C16H17N3O/c1-3-9-17-14-7-8-15(18-11-14)16(20)19-13-6-4-5-12(2)10-13/h3-8,10-11,17H,1,9H2,2H3,(H,19,20). The predicted molar refractivity (Wildman–Crippen MR) is 82.1 cm³/mol. The zero-order chi connectivity index (χ0) is 14.4. The van der Waals surface area contributed by atoms with Crippen LogP contribution in [-0.4, -0.2) is 17.4 Å². The Kier molecular flexibility index (Phi) is 4.50. The van der Waals surface area contributed by atoms with Crippen LogP contribution in [0, 0.1) is 6.92 Å². The summed E-state index contributed by atoms with van der Waals surface area (Å²) >= 11 is 0. The fourth-order valence-electron chi connectivity index (χ4n) is 1.74. The Morgan fingerprint density at radius 2 is 2.15 bits per heavy atom. The molecule has 0 saturated carbocycles. The molecule has 1 amide bonds. The molecule has 2 N–H and O–H groups in total. The number of nitrogens with one attached hydrogen (secondary N) is 2. The number of anilines is 2. The number of aromatic nitrogens is 1. The lowest BCUT2D eigenvalue weighted by Gasteiger charge is -2.07. The molecular weight excluding hydrogens is 250 g/mol. The number of carbonyl (C=O) groups is 1. The number of benzene rings is 1. The molecule has 102 valence electrons. The predicted octanol–water partition coefficient (Wildman–Crippen LogP) is 3.24. The molecule has 2 rings (SSSR count). The van der Waals surface area contributed by atoms with Gasteiger partial charge in [0.15, 0.2) is 0 Å². The quantitative estimate of drug-likeness (QED) is 0.818. The Morgan fingerprint density at radius 3 is 2.80 bits per heavy atom. The molecule has 1 aromatic heterocycles. The van der Waals surface area contributed by atoms with Crippen LogP contribution in [0.3, 0.4) is 0 Å². The topological polar surface area (TPSA) is 54.0 Å². The van der Waals surface area contributed by atoms with Crippen molar-refractivity contribution < 1.29 is 4.79 Å². The van der Waals surface area contributed by atoms with Gasteiger partial charge in [0.2, 0.25) is 0 Å². The van der Waals surface area contributed by atoms with Crippen LogP contribution in [-0.2, 0) is 0 Å². The maximum absolute atomic E-state index is 12.0. The first kappa shape index (κ1) is 13.8. The first-order chi connectivity index (χ1) is 9.69. The second-order valence-corrected chi connectivity index (χ2v) is 4.43. The Labute approximate surface area is 118 Å². The summed E-state index contributed by atoms with van der Waals surface area (Å²) in [5.74, 6) is -0.217. The fraction of sp³-hybridized carbons (Fsp3) is 0.125. The zero-order valence-electron chi connectivity index (χ0n) is 11.4. The molecule has 0 fully saturated rings. The van der Waals surface area contributed by atoms with Gasteiger partial charge in [-0.1, -0.05) is 18.2 Å². The van der Waals surface area contributed by atoms with Crippen LogP contribution in [0.5, 0.6) is 0 Å². The summed E-state index contributed by atoms with van der Waals surface area (Å²) in [5.41, 5.74) is 3.11. The number of nitrogens with zero attached hydrogens (tertiary/aromatic N) is 1. The molecule has 0 bridgehead atoms. The molecule has 0 radical (unpaired) electrons. The third kappa shape index (κ3) is 3.68. The van der Waals surface area contributed by atoms with E-state index < -0.39 is 0 Å². The number of rotatable bonds is 5. The number of hydrogen-bond donors (Lipinski definition) is 2. The van der Waals surface area contributed by atoms with Crippen molar-refractivity contribution in [3.05, 3.63) is 66.5 Å². The number of hydrogen-bond acceptors (Lipinski definition) is 3. The van der Waals surface area contributed by atoms with Gasteiger partial charge in [0.1, 0.15) is 5.69 Å². The van der Waals surface area contributed by atoms with E-state index in [4.69, 9.17) is 0 Å². The lowest BCUT2D eigenvalue weighted by atomic mass is 10.2. The first-order valence-electron chi connectivity index (χ1n) is 6.38. The monoisotopic (exact) mass is 267 g/mol. The molecule has 2 aromatic rings. The minimum absolute atomic E-state index is 0.217. The normalized spacial score (nSPS) is 9.85. The number of carbonyl (C=O) groups excluding carboxylic acids is 1. The van der Waals surface area contributed by atoms with E-state index in [9.17, 15) is 4.79 Å². The smallest absolute Gasteiger partial charge is 0.274 e. The lowest BCUT2D eigenvalue weighted by Crippen LogP contribution is -2.13. The summed E-state index contributed by atoms with van der Waals surface area (Å²) in [6.45, 7) is 6.27. The molecule has 0 unspecified atom stereocenters. The summed E-state index contributed by atoms with van der Waals surface area (Å²) in [5, 5.41) is 5.93. The highest BCUT2D eigenvalue weighted by Crippen LogP contribution is 2.12. The molecule has 0 aliphatic heterocycles. The van der Waals surface area contributed by atoms with E-state index >= 15 is 0 Å². The van der Waals surface area contributed by atoms with Crippen molar-refractivity contribution in [1.29, 1.82) is 0 Å². The van der Waals surface area contributed by atoms with Crippen molar-refractivity contribution in [2.24, 2.45) is 0 Å². The van der Waals surface area contributed by atoms with Crippen LogP contribution in [0.4, 0.5) is 11.4 Å². The van der Waals surface area contributed by atoms with Crippen molar-refractivity contribution in [2.45, 2.75) is 6.92 Å². The summed E-state index contributed by atoms with van der Waals surface area (Å²) in [6.07, 6.45) is 3.40. The van der Waals surface area contributed by atoms with Gasteiger partial charge in [-0.25, -0.2) is 4.98 Å². The number of amides is 1. The van der Waals surface area contributed by atoms with Gasteiger partial charge in [-0.05, 0) is 36.8 Å². The third-order valence-corrected chi connectivity index (χ3v) is 2.72. The van der Waals surface area contributed by atoms with E-state index in [1.54, 1.807) is 18.3 Å². The minimum atomic E-state index is -0.217. The van der Waals surface area contributed by atoms with Crippen molar-refractivity contribution in [2.75, 3.05) is 17.2 Å². The largest absolute Gasteiger partial charge is 0.380 e. The van der Waals surface area contributed by atoms with Crippen molar-refractivity contribution >= 4 is 17.3 Å². The van der Waals surface area contributed by atoms with E-state index in [1.165, 1.54) is 0 Å². The maximum atomic E-state index is 12.0. The molecule has 4 heteroatoms. The van der Waals surface area contributed by atoms with E-state index in [0.717, 1.165) is 16.9 Å². The molecule has 20 heavy (non-hydrogen) atoms. The molecule has 0 spiro atoms. The van der Waals surface area contributed by atoms with Gasteiger partial charge in [0, 0.05) is 12.2 Å². The van der Waals surface area contributed by atoms with Crippen LogP contribution >= 0.6 is 0 Å². The molecule has 0 aliphatic carbocycles. The Morgan fingerprint density at radius 1 is 1.30 bits per heavy atom. The fourth-order valence-corrected chi connectivity index (χ4v) is 1.74. The van der Waals surface area contributed by atoms with Crippen molar-refractivity contribution in [1.82, 2.24) is 4.98 Å². The van der Waals surface area contributed by atoms with Crippen LogP contribution in [0.25, 0.3) is 0 Å². The van der Waals surface area contributed by atoms with Gasteiger partial charge >= 0.3 is 0 Å². The van der Waals surface area contributed by atoms with Crippen molar-refractivity contribution in [3.8, 4) is 0 Å². The zero-order valence-corrected chi connectivity index (χ0v) is 11.4. The Balaban J connectivity index is 2.03. The van der Waals surface area contributed by atoms with Crippen LogP contribution < -0.4 is 10.6 Å². The molecule has 4 nitrogen and oxygen atoms in total. The summed E-state index contributed by atoms with van der Waals surface area (Å²) < 4.78 is 0. The SMILES string of the molecule is C=CCNc1ccc(C(=O)Nc2cccc(C)c2)nc1.